The molecule has 4 rings (SSSR count). The topological polar surface area (TPSA) is 160 Å². The summed E-state index contributed by atoms with van der Waals surface area (Å²) in [6.07, 6.45) is 0. The molecule has 0 saturated heterocycles. The Morgan fingerprint density at radius 1 is 0.566 bits per heavy atom. The predicted molar refractivity (Wildman–Crippen MR) is 262 cm³/mol. The van der Waals surface area contributed by atoms with Crippen molar-refractivity contribution in [2.75, 3.05) is 6.61 Å². The summed E-state index contributed by atoms with van der Waals surface area (Å²) in [6.45, 7) is -2.17. The number of rotatable bonds is 10. The van der Waals surface area contributed by atoms with Crippen LogP contribution in [0.2, 0.25) is 0 Å². The molecule has 1 N–H and O–H groups in total. The fourth-order valence-electron chi connectivity index (χ4n) is 3.87. The van der Waals surface area contributed by atoms with Crippen LogP contribution in [0.15, 0.2) is 48.5 Å². The summed E-state index contributed by atoms with van der Waals surface area (Å²) in [5, 5.41) is -4.95. The summed E-state index contributed by atoms with van der Waals surface area (Å²) in [5.41, 5.74) is -0.750. The van der Waals surface area contributed by atoms with E-state index >= 15 is 0 Å². The van der Waals surface area contributed by atoms with Crippen LogP contribution in [0.3, 0.4) is 0 Å². The molecule has 0 radical (unpaired) electrons. The summed E-state index contributed by atoms with van der Waals surface area (Å²) in [6, 6.07) is 11.7. The first-order chi connectivity index (χ1) is 24.5. The van der Waals surface area contributed by atoms with E-state index in [-0.39, 0.29) is 16.7 Å². The first kappa shape index (κ1) is 46.8. The molecule has 0 saturated carbocycles. The summed E-state index contributed by atoms with van der Waals surface area (Å²) in [4.78, 5) is 54.4. The van der Waals surface area contributed by atoms with Crippen molar-refractivity contribution >= 4 is 237 Å². The van der Waals surface area contributed by atoms with Crippen LogP contribution in [0.25, 0.3) is 0 Å². The molecule has 0 amide bonds. The lowest BCUT2D eigenvalue weighted by molar-refractivity contribution is -0.00985. The van der Waals surface area contributed by atoms with Crippen LogP contribution in [-0.2, 0) is 14.9 Å². The third-order valence-corrected chi connectivity index (χ3v) is 18.1. The molecule has 0 aromatic heterocycles. The number of halogens is 11. The van der Waals surface area contributed by atoms with Crippen LogP contribution < -0.4 is 14.2 Å². The van der Waals surface area contributed by atoms with Gasteiger partial charge >= 0.3 is 39.2 Å². The number of hydrogen-bond acceptors (Lipinski definition) is 10. The van der Waals surface area contributed by atoms with Gasteiger partial charge in [0.25, 0.3) is 0 Å². The monoisotopic (exact) mass is 1760 g/mol. The van der Waals surface area contributed by atoms with Crippen molar-refractivity contribution in [2.45, 2.75) is 5.25 Å². The molecule has 0 unspecified atom stereocenters. The van der Waals surface area contributed by atoms with E-state index in [0.717, 1.165) is 15.7 Å². The van der Waals surface area contributed by atoms with E-state index in [4.69, 9.17) is 18.8 Å². The summed E-state index contributed by atoms with van der Waals surface area (Å²) >= 11 is 17.7. The molecule has 0 aliphatic rings. The highest BCUT2D eigenvalue weighted by Crippen LogP contribution is 2.38. The third-order valence-electron chi connectivity index (χ3n) is 6.25. The number of benzene rings is 4. The van der Waals surface area contributed by atoms with Gasteiger partial charge in [0, 0.05) is 44.3 Å². The van der Waals surface area contributed by atoms with Gasteiger partial charge in [-0.2, -0.15) is 17.2 Å². The Hall–Kier alpha value is 1.10. The number of alkyl halides is 2. The zero-order valence-corrected chi connectivity index (χ0v) is 45.2. The largest absolute Gasteiger partial charge is 0.454 e. The van der Waals surface area contributed by atoms with Gasteiger partial charge in [-0.3, -0.25) is 4.55 Å². The minimum Gasteiger partial charge on any atom is -0.454 e. The van der Waals surface area contributed by atoms with Gasteiger partial charge in [-0.15, -0.1) is 0 Å². The highest BCUT2D eigenvalue weighted by molar-refractivity contribution is 14.1. The van der Waals surface area contributed by atoms with Crippen molar-refractivity contribution < 1.29 is 59.9 Å². The van der Waals surface area contributed by atoms with Gasteiger partial charge in [0.2, 0.25) is 0 Å². The van der Waals surface area contributed by atoms with Crippen molar-refractivity contribution in [3.8, 4) is 17.2 Å². The Morgan fingerprint density at radius 3 is 1.25 bits per heavy atom. The van der Waals surface area contributed by atoms with E-state index in [1.807, 2.05) is 209 Å². The van der Waals surface area contributed by atoms with Crippen LogP contribution in [0.1, 0.15) is 41.4 Å². The molecule has 0 bridgehead atoms. The lowest BCUT2D eigenvalue weighted by Gasteiger charge is -2.18. The van der Waals surface area contributed by atoms with Gasteiger partial charge in [-0.25, -0.2) is 19.2 Å². The second-order valence-electron chi connectivity index (χ2n) is 9.90. The first-order valence-corrected chi connectivity index (χ1v) is 24.5. The zero-order chi connectivity index (χ0) is 39.7. The van der Waals surface area contributed by atoms with E-state index in [9.17, 15) is 36.4 Å². The van der Waals surface area contributed by atoms with Crippen molar-refractivity contribution in [3.63, 3.8) is 0 Å². The molecule has 0 aliphatic heterocycles. The van der Waals surface area contributed by atoms with E-state index in [1.54, 1.807) is 18.2 Å². The quantitative estimate of drug-likeness (QED) is 0.0529. The Balaban J connectivity index is 1.95. The average Bonchev–Trinajstić information content (AvgIpc) is 3.04. The molecular formula is C30H11F2I9O11S. The lowest BCUT2D eigenvalue weighted by Crippen LogP contribution is -2.34. The minimum absolute atomic E-state index is 0.0195. The standard InChI is InChI=1S/C30H11F2I9O11S/c31-30(32,53(46,47)48)9-49-29(45)22-20(51-27(43)15-2-11(34)5-18(37)24(15)40)7-13(50-26(42)14-1-10(33)4-17(36)23(14)39)8-21(22)52-28(44)16-3-12(35)6-19(38)25(16)41/h1-8H,9H2,(H,46,47,48). The van der Waals surface area contributed by atoms with Crippen molar-refractivity contribution in [1.29, 1.82) is 0 Å². The molecule has 280 valence electrons. The van der Waals surface area contributed by atoms with Crippen LogP contribution in [0, 0.1) is 32.1 Å². The number of carbonyl (C=O) groups excluding carboxylic acids is 4. The van der Waals surface area contributed by atoms with E-state index in [1.165, 1.54) is 12.1 Å². The second-order valence-corrected chi connectivity index (χ2v) is 21.9. The maximum atomic E-state index is 14.2. The van der Waals surface area contributed by atoms with Gasteiger partial charge in [0.05, 0.1) is 16.7 Å². The van der Waals surface area contributed by atoms with Crippen molar-refractivity contribution in [3.05, 3.63) is 103 Å². The van der Waals surface area contributed by atoms with Gasteiger partial charge in [-0.1, -0.05) is 0 Å². The second kappa shape index (κ2) is 19.4. The minimum atomic E-state index is -6.04. The van der Waals surface area contributed by atoms with Crippen LogP contribution in [0.5, 0.6) is 17.2 Å². The number of esters is 4. The first-order valence-electron chi connectivity index (χ1n) is 13.3. The molecule has 0 fully saturated rings. The predicted octanol–water partition coefficient (Wildman–Crippen LogP) is 10.4. The fraction of sp³-hybridized carbons (Fsp3) is 0.0667. The maximum Gasteiger partial charge on any atom is 0.402 e. The number of hydrogen-bond donors (Lipinski definition) is 1. The molecule has 0 atom stereocenters. The molecular weight excluding hydrogens is 1750 g/mol. The summed E-state index contributed by atoms with van der Waals surface area (Å²) in [7, 11) is -6.04. The molecule has 4 aromatic carbocycles. The normalized spacial score (nSPS) is 11.5. The van der Waals surface area contributed by atoms with Crippen molar-refractivity contribution in [1.82, 2.24) is 0 Å². The van der Waals surface area contributed by atoms with Crippen molar-refractivity contribution in [2.24, 2.45) is 0 Å². The SMILES string of the molecule is O=C(Oc1cc(OC(=O)c2cc(I)cc(I)c2I)c(C(=O)OCC(F)(F)S(=O)(=O)O)c(OC(=O)c2cc(I)cc(I)c2I)c1)c1cc(I)cc(I)c1I. The molecule has 0 aliphatic carbocycles. The van der Waals surface area contributed by atoms with Crippen LogP contribution in [-0.4, -0.2) is 48.7 Å². The molecule has 53 heavy (non-hydrogen) atoms. The molecule has 0 spiro atoms. The molecule has 0 heterocycles. The fourth-order valence-corrected chi connectivity index (χ4v) is 11.2. The Bertz CT molecular complexity index is 2230. The van der Waals surface area contributed by atoms with Gasteiger partial charge < -0.3 is 18.9 Å². The van der Waals surface area contributed by atoms with Gasteiger partial charge in [0.15, 0.2) is 18.1 Å². The van der Waals surface area contributed by atoms with Gasteiger partial charge in [0.1, 0.15) is 11.3 Å². The van der Waals surface area contributed by atoms with Gasteiger partial charge in [-0.05, 0) is 240 Å². The van der Waals surface area contributed by atoms with Crippen LogP contribution in [0.4, 0.5) is 8.78 Å². The third kappa shape index (κ3) is 11.9. The number of ether oxygens (including phenoxy) is 4. The Kier molecular flexibility index (Phi) is 17.2. The summed E-state index contributed by atoms with van der Waals surface area (Å²) < 4.78 is 86.9. The van der Waals surface area contributed by atoms with E-state index in [2.05, 4.69) is 4.74 Å². The maximum absolute atomic E-state index is 14.2. The van der Waals surface area contributed by atoms with Crippen LogP contribution >= 0.6 is 203 Å². The Morgan fingerprint density at radius 2 is 0.906 bits per heavy atom. The zero-order valence-electron chi connectivity index (χ0n) is 24.9. The molecule has 23 heteroatoms. The number of carbonyl (C=O) groups is 4. The highest BCUT2D eigenvalue weighted by Gasteiger charge is 2.46. The molecule has 11 nitrogen and oxygen atoms in total. The lowest BCUT2D eigenvalue weighted by atomic mass is 10.1. The summed E-state index contributed by atoms with van der Waals surface area (Å²) in [5.74, 6) is -6.73. The highest BCUT2D eigenvalue weighted by atomic mass is 127. The average molecular weight is 1760 g/mol. The Labute approximate surface area is 421 Å². The van der Waals surface area contributed by atoms with E-state index in [0.29, 0.717) is 28.6 Å². The van der Waals surface area contributed by atoms with E-state index < -0.39 is 68.7 Å². The molecule has 4 aromatic rings. The smallest absolute Gasteiger partial charge is 0.402 e.